The Morgan fingerprint density at radius 3 is 2.77 bits per heavy atom. The fraction of sp³-hybridized carbons (Fsp3) is 0.500. The van der Waals surface area contributed by atoms with Crippen LogP contribution >= 0.6 is 0 Å². The van der Waals surface area contributed by atoms with Crippen LogP contribution in [-0.4, -0.2) is 45.2 Å². The second kappa shape index (κ2) is 7.11. The summed E-state index contributed by atoms with van der Waals surface area (Å²) in [5.41, 5.74) is 0.210. The predicted octanol–water partition coefficient (Wildman–Crippen LogP) is 2.34. The number of piperidine rings is 1. The van der Waals surface area contributed by atoms with E-state index in [9.17, 15) is 13.6 Å². The third kappa shape index (κ3) is 3.21. The Bertz CT molecular complexity index is 799. The molecule has 4 rings (SSSR count). The molecule has 138 valence electrons. The van der Waals surface area contributed by atoms with Gasteiger partial charge in [-0.2, -0.15) is 0 Å². The number of likely N-dealkylation sites (tertiary alicyclic amines) is 1. The third-order valence-corrected chi connectivity index (χ3v) is 5.18. The molecule has 1 aromatic heterocycles. The van der Waals surface area contributed by atoms with Crippen LogP contribution in [-0.2, 0) is 13.1 Å². The van der Waals surface area contributed by atoms with E-state index in [-0.39, 0.29) is 17.4 Å². The summed E-state index contributed by atoms with van der Waals surface area (Å²) in [4.78, 5) is 14.4. The van der Waals surface area contributed by atoms with Gasteiger partial charge in [0.25, 0.3) is 12.3 Å². The fourth-order valence-corrected chi connectivity index (χ4v) is 3.75. The van der Waals surface area contributed by atoms with Gasteiger partial charge in [-0.1, -0.05) is 12.1 Å². The highest BCUT2D eigenvalue weighted by atomic mass is 19.3. The summed E-state index contributed by atoms with van der Waals surface area (Å²) >= 11 is 0. The number of amides is 1. The molecule has 1 N–H and O–H groups in total. The Kier molecular flexibility index (Phi) is 4.67. The molecule has 1 saturated heterocycles. The zero-order chi connectivity index (χ0) is 18.1. The molecule has 2 aliphatic rings. The first-order valence-electron chi connectivity index (χ1n) is 8.93. The molecule has 26 heavy (non-hydrogen) atoms. The molecule has 3 heterocycles. The smallest absolute Gasteiger partial charge is 0.263 e. The molecule has 0 unspecified atom stereocenters. The van der Waals surface area contributed by atoms with Crippen molar-refractivity contribution < 1.29 is 13.6 Å². The van der Waals surface area contributed by atoms with Gasteiger partial charge in [0.2, 0.25) is 0 Å². The van der Waals surface area contributed by atoms with E-state index in [4.69, 9.17) is 0 Å². The minimum Gasteiger partial charge on any atom is -0.339 e. The Morgan fingerprint density at radius 1 is 1.19 bits per heavy atom. The van der Waals surface area contributed by atoms with Crippen molar-refractivity contribution in [3.63, 3.8) is 0 Å². The van der Waals surface area contributed by atoms with Gasteiger partial charge in [-0.05, 0) is 25.0 Å². The zero-order valence-electron chi connectivity index (χ0n) is 14.4. The van der Waals surface area contributed by atoms with E-state index in [0.717, 1.165) is 44.1 Å². The van der Waals surface area contributed by atoms with Crippen LogP contribution in [0.5, 0.6) is 0 Å². The predicted molar refractivity (Wildman–Crippen MR) is 91.0 cm³/mol. The number of fused-ring (bicyclic) bond motifs is 1. The van der Waals surface area contributed by atoms with Crippen LogP contribution in [0.2, 0.25) is 0 Å². The summed E-state index contributed by atoms with van der Waals surface area (Å²) < 4.78 is 27.9. The Labute approximate surface area is 150 Å². The minimum atomic E-state index is -2.57. The van der Waals surface area contributed by atoms with Crippen molar-refractivity contribution in [3.8, 4) is 0 Å². The molecule has 0 radical (unpaired) electrons. The molecular weight excluding hydrogens is 340 g/mol. The molecular formula is C18H21F2N5O. The SMILES string of the molecule is O=C(c1cccc(C(F)F)c1)N1CCC(c2nnc3n2CCNC3)CC1. The fourth-order valence-electron chi connectivity index (χ4n) is 3.75. The van der Waals surface area contributed by atoms with Gasteiger partial charge in [0, 0.05) is 43.2 Å². The summed E-state index contributed by atoms with van der Waals surface area (Å²) in [5, 5.41) is 11.9. The lowest BCUT2D eigenvalue weighted by atomic mass is 9.95. The highest BCUT2D eigenvalue weighted by molar-refractivity contribution is 5.94. The number of alkyl halides is 2. The van der Waals surface area contributed by atoms with Crippen LogP contribution in [0.15, 0.2) is 24.3 Å². The summed E-state index contributed by atoms with van der Waals surface area (Å²) in [6, 6.07) is 5.75. The largest absolute Gasteiger partial charge is 0.339 e. The quantitative estimate of drug-likeness (QED) is 0.912. The van der Waals surface area contributed by atoms with Gasteiger partial charge in [-0.15, -0.1) is 10.2 Å². The first kappa shape index (κ1) is 17.1. The number of hydrogen-bond donors (Lipinski definition) is 1. The van der Waals surface area contributed by atoms with Gasteiger partial charge in [-0.3, -0.25) is 4.79 Å². The standard InChI is InChI=1S/C18H21F2N5O/c19-16(20)13-2-1-3-14(10-13)18(26)24-7-4-12(5-8-24)17-23-22-15-11-21-6-9-25(15)17/h1-3,10,12,16,21H,4-9,11H2. The molecule has 6 nitrogen and oxygen atoms in total. The molecule has 0 bridgehead atoms. The van der Waals surface area contributed by atoms with Crippen LogP contribution in [0.25, 0.3) is 0 Å². The van der Waals surface area contributed by atoms with Crippen molar-refractivity contribution >= 4 is 5.91 Å². The molecule has 8 heteroatoms. The highest BCUT2D eigenvalue weighted by Crippen LogP contribution is 2.29. The Hall–Kier alpha value is -2.35. The van der Waals surface area contributed by atoms with E-state index >= 15 is 0 Å². The second-order valence-corrected chi connectivity index (χ2v) is 6.80. The van der Waals surface area contributed by atoms with Crippen molar-refractivity contribution in [1.82, 2.24) is 25.0 Å². The summed E-state index contributed by atoms with van der Waals surface area (Å²) in [6.07, 6.45) is -0.945. The van der Waals surface area contributed by atoms with Gasteiger partial charge in [0.05, 0.1) is 6.54 Å². The maximum Gasteiger partial charge on any atom is 0.263 e. The van der Waals surface area contributed by atoms with Crippen LogP contribution in [0, 0.1) is 0 Å². The maximum absolute atomic E-state index is 12.9. The van der Waals surface area contributed by atoms with Gasteiger partial charge in [0.15, 0.2) is 0 Å². The maximum atomic E-state index is 12.9. The van der Waals surface area contributed by atoms with Gasteiger partial charge < -0.3 is 14.8 Å². The van der Waals surface area contributed by atoms with Crippen LogP contribution in [0.3, 0.4) is 0 Å². The molecule has 0 atom stereocenters. The van der Waals surface area contributed by atoms with Crippen LogP contribution < -0.4 is 5.32 Å². The molecule has 1 fully saturated rings. The molecule has 1 amide bonds. The van der Waals surface area contributed by atoms with E-state index in [1.165, 1.54) is 18.2 Å². The van der Waals surface area contributed by atoms with Gasteiger partial charge in [-0.25, -0.2) is 8.78 Å². The first-order chi connectivity index (χ1) is 12.6. The lowest BCUT2D eigenvalue weighted by Crippen LogP contribution is -2.39. The number of aromatic nitrogens is 3. The number of halogens is 2. The van der Waals surface area contributed by atoms with E-state index in [2.05, 4.69) is 20.1 Å². The van der Waals surface area contributed by atoms with Crippen molar-refractivity contribution in [2.24, 2.45) is 0 Å². The van der Waals surface area contributed by atoms with E-state index in [0.29, 0.717) is 18.7 Å². The second-order valence-electron chi connectivity index (χ2n) is 6.80. The van der Waals surface area contributed by atoms with Gasteiger partial charge >= 0.3 is 0 Å². The minimum absolute atomic E-state index is 0.116. The van der Waals surface area contributed by atoms with Gasteiger partial charge in [0.1, 0.15) is 11.6 Å². The topological polar surface area (TPSA) is 63.1 Å². The molecule has 2 aromatic rings. The number of hydrogen-bond acceptors (Lipinski definition) is 4. The van der Waals surface area contributed by atoms with Crippen molar-refractivity contribution in [1.29, 1.82) is 0 Å². The molecule has 0 aliphatic carbocycles. The number of nitrogens with one attached hydrogen (secondary N) is 1. The van der Waals surface area contributed by atoms with Crippen LogP contribution in [0.4, 0.5) is 8.78 Å². The number of nitrogens with zero attached hydrogens (tertiary/aromatic N) is 4. The average Bonchev–Trinajstić information content (AvgIpc) is 3.12. The summed E-state index contributed by atoms with van der Waals surface area (Å²) in [7, 11) is 0. The highest BCUT2D eigenvalue weighted by Gasteiger charge is 2.29. The van der Waals surface area contributed by atoms with Crippen molar-refractivity contribution in [2.45, 2.75) is 38.3 Å². The number of carbonyl (C=O) groups excluding carboxylic acids is 1. The summed E-state index contributed by atoms with van der Waals surface area (Å²) in [6.45, 7) is 3.73. The van der Waals surface area contributed by atoms with E-state index < -0.39 is 6.43 Å². The zero-order valence-corrected chi connectivity index (χ0v) is 14.4. The number of benzene rings is 1. The van der Waals surface area contributed by atoms with E-state index in [1.807, 2.05) is 0 Å². The molecule has 0 spiro atoms. The molecule has 2 aliphatic heterocycles. The monoisotopic (exact) mass is 361 g/mol. The third-order valence-electron chi connectivity index (χ3n) is 5.18. The number of rotatable bonds is 3. The molecule has 0 saturated carbocycles. The van der Waals surface area contributed by atoms with Crippen LogP contribution in [0.1, 0.15) is 52.8 Å². The Morgan fingerprint density at radius 2 is 2.00 bits per heavy atom. The molecule has 1 aromatic carbocycles. The van der Waals surface area contributed by atoms with Crippen molar-refractivity contribution in [3.05, 3.63) is 47.0 Å². The first-order valence-corrected chi connectivity index (χ1v) is 8.93. The lowest BCUT2D eigenvalue weighted by Gasteiger charge is -2.32. The lowest BCUT2D eigenvalue weighted by molar-refractivity contribution is 0.0709. The average molecular weight is 361 g/mol. The Balaban J connectivity index is 1.43. The summed E-state index contributed by atoms with van der Waals surface area (Å²) in [5.74, 6) is 2.08. The van der Waals surface area contributed by atoms with E-state index in [1.54, 1.807) is 11.0 Å². The van der Waals surface area contributed by atoms with Crippen molar-refractivity contribution in [2.75, 3.05) is 19.6 Å². The number of carbonyl (C=O) groups is 1. The normalized spacial score (nSPS) is 18.2.